The van der Waals surface area contributed by atoms with Gasteiger partial charge in [0.1, 0.15) is 17.2 Å². The first-order valence-corrected chi connectivity index (χ1v) is 8.59. The molecule has 0 saturated carbocycles. The van der Waals surface area contributed by atoms with Gasteiger partial charge in [0.2, 0.25) is 0 Å². The molecule has 1 rings (SSSR count). The Kier molecular flexibility index (Phi) is 7.57. The molecule has 0 saturated heterocycles. The standard InChI is InChI=1S/C19H33NO2/c1-8-13(9-2)15-12-16(14(10-3)11-4)19(22-7)17(20-5)18(15)21-6/h12-14,20H,8-11H2,1-7H3. The molecule has 0 aromatic heterocycles. The first-order chi connectivity index (χ1) is 10.6. The summed E-state index contributed by atoms with van der Waals surface area (Å²) in [5, 5.41) is 3.30. The van der Waals surface area contributed by atoms with Crippen molar-refractivity contribution in [1.82, 2.24) is 0 Å². The third-order valence-corrected chi connectivity index (χ3v) is 4.80. The molecule has 0 spiro atoms. The minimum atomic E-state index is 0.515. The summed E-state index contributed by atoms with van der Waals surface area (Å²) in [6.07, 6.45) is 4.46. The first kappa shape index (κ1) is 18.7. The highest BCUT2D eigenvalue weighted by atomic mass is 16.5. The van der Waals surface area contributed by atoms with Crippen molar-refractivity contribution in [2.45, 2.75) is 65.2 Å². The van der Waals surface area contributed by atoms with Crippen LogP contribution >= 0.6 is 0 Å². The molecule has 0 aliphatic heterocycles. The highest BCUT2D eigenvalue weighted by Crippen LogP contribution is 2.47. The summed E-state index contributed by atoms with van der Waals surface area (Å²) in [5.41, 5.74) is 3.59. The Hall–Kier alpha value is -1.38. The Bertz CT molecular complexity index is 425. The molecule has 3 heteroatoms. The second-order valence-corrected chi connectivity index (χ2v) is 5.77. The van der Waals surface area contributed by atoms with Crippen LogP contribution in [0.3, 0.4) is 0 Å². The summed E-state index contributed by atoms with van der Waals surface area (Å²) in [6, 6.07) is 2.33. The van der Waals surface area contributed by atoms with Crippen LogP contribution in [0.5, 0.6) is 11.5 Å². The third kappa shape index (κ3) is 3.50. The van der Waals surface area contributed by atoms with E-state index in [0.29, 0.717) is 11.8 Å². The zero-order chi connectivity index (χ0) is 16.7. The van der Waals surface area contributed by atoms with E-state index in [4.69, 9.17) is 9.47 Å². The van der Waals surface area contributed by atoms with Gasteiger partial charge in [-0.25, -0.2) is 0 Å². The second kappa shape index (κ2) is 8.92. The summed E-state index contributed by atoms with van der Waals surface area (Å²) in [5.74, 6) is 2.90. The normalized spacial score (nSPS) is 11.1. The molecule has 1 aromatic rings. The lowest BCUT2D eigenvalue weighted by molar-refractivity contribution is 0.384. The fraction of sp³-hybridized carbons (Fsp3) is 0.684. The van der Waals surface area contributed by atoms with E-state index in [-0.39, 0.29) is 0 Å². The van der Waals surface area contributed by atoms with Gasteiger partial charge >= 0.3 is 0 Å². The number of rotatable bonds is 9. The zero-order valence-electron chi connectivity index (χ0n) is 15.4. The predicted molar refractivity (Wildman–Crippen MR) is 95.7 cm³/mol. The topological polar surface area (TPSA) is 30.5 Å². The van der Waals surface area contributed by atoms with Crippen LogP contribution in [0.15, 0.2) is 6.07 Å². The molecular formula is C19H33NO2. The molecule has 0 fully saturated rings. The van der Waals surface area contributed by atoms with Gasteiger partial charge in [0.25, 0.3) is 0 Å². The van der Waals surface area contributed by atoms with Gasteiger partial charge in [0.15, 0.2) is 0 Å². The van der Waals surface area contributed by atoms with Crippen LogP contribution in [0.4, 0.5) is 5.69 Å². The monoisotopic (exact) mass is 307 g/mol. The first-order valence-electron chi connectivity index (χ1n) is 8.59. The molecule has 0 amide bonds. The SMILES string of the molecule is CCC(CC)c1cc(C(CC)CC)c(OC)c(NC)c1OC. The van der Waals surface area contributed by atoms with Crippen molar-refractivity contribution in [3.05, 3.63) is 17.2 Å². The average molecular weight is 307 g/mol. The van der Waals surface area contributed by atoms with Crippen LogP contribution in [0.1, 0.15) is 76.3 Å². The van der Waals surface area contributed by atoms with Gasteiger partial charge in [0.05, 0.1) is 14.2 Å². The van der Waals surface area contributed by atoms with E-state index in [1.54, 1.807) is 14.2 Å². The van der Waals surface area contributed by atoms with E-state index in [9.17, 15) is 0 Å². The molecule has 1 N–H and O–H groups in total. The van der Waals surface area contributed by atoms with Crippen molar-refractivity contribution in [1.29, 1.82) is 0 Å². The van der Waals surface area contributed by atoms with E-state index in [0.717, 1.165) is 42.9 Å². The molecule has 0 bridgehead atoms. The molecule has 0 aliphatic rings. The van der Waals surface area contributed by atoms with Crippen molar-refractivity contribution in [2.24, 2.45) is 0 Å². The van der Waals surface area contributed by atoms with Gasteiger partial charge < -0.3 is 14.8 Å². The fourth-order valence-electron chi connectivity index (χ4n) is 3.42. The lowest BCUT2D eigenvalue weighted by atomic mass is 9.85. The quantitative estimate of drug-likeness (QED) is 0.648. The number of benzene rings is 1. The van der Waals surface area contributed by atoms with E-state index < -0.39 is 0 Å². The van der Waals surface area contributed by atoms with Crippen LogP contribution in [0.25, 0.3) is 0 Å². The van der Waals surface area contributed by atoms with Crippen molar-refractivity contribution in [3.8, 4) is 11.5 Å². The highest BCUT2D eigenvalue weighted by molar-refractivity contribution is 5.72. The van der Waals surface area contributed by atoms with Gasteiger partial charge in [-0.3, -0.25) is 0 Å². The Balaban J connectivity index is 3.66. The lowest BCUT2D eigenvalue weighted by Crippen LogP contribution is -2.09. The van der Waals surface area contributed by atoms with Crippen molar-refractivity contribution in [3.63, 3.8) is 0 Å². The van der Waals surface area contributed by atoms with Gasteiger partial charge in [-0.1, -0.05) is 27.7 Å². The summed E-state index contributed by atoms with van der Waals surface area (Å²) >= 11 is 0. The van der Waals surface area contributed by atoms with Crippen molar-refractivity contribution < 1.29 is 9.47 Å². The second-order valence-electron chi connectivity index (χ2n) is 5.77. The molecule has 1 aromatic carbocycles. The van der Waals surface area contributed by atoms with E-state index >= 15 is 0 Å². The minimum absolute atomic E-state index is 0.515. The molecule has 0 aliphatic carbocycles. The van der Waals surface area contributed by atoms with Gasteiger partial charge in [-0.15, -0.1) is 0 Å². The molecule has 0 radical (unpaired) electrons. The number of hydrogen-bond acceptors (Lipinski definition) is 3. The third-order valence-electron chi connectivity index (χ3n) is 4.80. The number of methoxy groups -OCH3 is 2. The predicted octanol–water partition coefficient (Wildman–Crippen LogP) is 5.55. The minimum Gasteiger partial charge on any atom is -0.494 e. The molecular weight excluding hydrogens is 274 g/mol. The van der Waals surface area contributed by atoms with Crippen LogP contribution in [-0.2, 0) is 0 Å². The Labute approximate surface area is 136 Å². The maximum absolute atomic E-state index is 5.75. The Morgan fingerprint density at radius 3 is 1.41 bits per heavy atom. The van der Waals surface area contributed by atoms with Crippen molar-refractivity contribution in [2.75, 3.05) is 26.6 Å². The molecule has 3 nitrogen and oxygen atoms in total. The van der Waals surface area contributed by atoms with E-state index in [1.807, 2.05) is 7.05 Å². The van der Waals surface area contributed by atoms with Gasteiger partial charge in [-0.05, 0) is 54.7 Å². The molecule has 22 heavy (non-hydrogen) atoms. The van der Waals surface area contributed by atoms with Gasteiger partial charge in [0, 0.05) is 7.05 Å². The summed E-state index contributed by atoms with van der Waals surface area (Å²) in [7, 11) is 5.43. The molecule has 126 valence electrons. The van der Waals surface area contributed by atoms with Gasteiger partial charge in [-0.2, -0.15) is 0 Å². The Morgan fingerprint density at radius 1 is 0.818 bits per heavy atom. The van der Waals surface area contributed by atoms with Crippen LogP contribution in [-0.4, -0.2) is 21.3 Å². The smallest absolute Gasteiger partial charge is 0.149 e. The molecule has 0 atom stereocenters. The summed E-state index contributed by atoms with van der Waals surface area (Å²) < 4.78 is 11.5. The number of nitrogens with one attached hydrogen (secondary N) is 1. The molecule has 0 heterocycles. The average Bonchev–Trinajstić information content (AvgIpc) is 2.56. The van der Waals surface area contributed by atoms with E-state index in [2.05, 4.69) is 39.1 Å². The maximum atomic E-state index is 5.75. The van der Waals surface area contributed by atoms with Crippen LogP contribution in [0, 0.1) is 0 Å². The van der Waals surface area contributed by atoms with Crippen molar-refractivity contribution >= 4 is 5.69 Å². The highest BCUT2D eigenvalue weighted by Gasteiger charge is 2.25. The largest absolute Gasteiger partial charge is 0.494 e. The fourth-order valence-corrected chi connectivity index (χ4v) is 3.42. The van der Waals surface area contributed by atoms with Crippen LogP contribution < -0.4 is 14.8 Å². The Morgan fingerprint density at radius 2 is 1.18 bits per heavy atom. The lowest BCUT2D eigenvalue weighted by Gasteiger charge is -2.26. The molecule has 0 unspecified atom stereocenters. The maximum Gasteiger partial charge on any atom is 0.149 e. The number of anilines is 1. The zero-order valence-corrected chi connectivity index (χ0v) is 15.4. The van der Waals surface area contributed by atoms with Crippen LogP contribution in [0.2, 0.25) is 0 Å². The number of ether oxygens (including phenoxy) is 2. The number of hydrogen-bond donors (Lipinski definition) is 1. The van der Waals surface area contributed by atoms with E-state index in [1.165, 1.54) is 11.1 Å². The summed E-state index contributed by atoms with van der Waals surface area (Å²) in [6.45, 7) is 8.97. The summed E-state index contributed by atoms with van der Waals surface area (Å²) in [4.78, 5) is 0.